The van der Waals surface area contributed by atoms with Gasteiger partial charge in [0.1, 0.15) is 16.9 Å². The maximum atomic E-state index is 12.7. The molecule has 0 saturated carbocycles. The first-order chi connectivity index (χ1) is 12.7. The van der Waals surface area contributed by atoms with Crippen LogP contribution < -0.4 is 10.5 Å². The van der Waals surface area contributed by atoms with E-state index in [2.05, 4.69) is 0 Å². The summed E-state index contributed by atoms with van der Waals surface area (Å²) < 4.78 is 10.5. The van der Waals surface area contributed by atoms with Gasteiger partial charge in [-0.15, -0.1) is 0 Å². The molecule has 27 heavy (non-hydrogen) atoms. The maximum absolute atomic E-state index is 12.7. The van der Waals surface area contributed by atoms with Crippen molar-refractivity contribution in [2.75, 3.05) is 0 Å². The minimum absolute atomic E-state index is 0.00441. The van der Waals surface area contributed by atoms with E-state index in [0.717, 1.165) is 0 Å². The predicted octanol–water partition coefficient (Wildman–Crippen LogP) is 3.11. The molecule has 6 nitrogen and oxygen atoms in total. The molecule has 0 fully saturated rings. The van der Waals surface area contributed by atoms with E-state index in [1.54, 1.807) is 57.2 Å². The van der Waals surface area contributed by atoms with Crippen LogP contribution in [0.2, 0.25) is 0 Å². The molecule has 0 saturated heterocycles. The van der Waals surface area contributed by atoms with Crippen LogP contribution in [0.15, 0.2) is 54.1 Å². The van der Waals surface area contributed by atoms with Crippen LogP contribution >= 0.6 is 0 Å². The lowest BCUT2D eigenvalue weighted by molar-refractivity contribution is -0.130. The zero-order valence-electron chi connectivity index (χ0n) is 15.2. The van der Waals surface area contributed by atoms with Crippen molar-refractivity contribution in [1.82, 2.24) is 0 Å². The Kier molecular flexibility index (Phi) is 4.57. The van der Waals surface area contributed by atoms with Crippen molar-refractivity contribution in [2.45, 2.75) is 26.4 Å². The van der Waals surface area contributed by atoms with Crippen LogP contribution in [0.1, 0.15) is 47.1 Å². The lowest BCUT2D eigenvalue weighted by Gasteiger charge is -2.20. The number of hydrogen-bond acceptors (Lipinski definition) is 6. The van der Waals surface area contributed by atoms with Crippen LogP contribution in [0.25, 0.3) is 5.70 Å². The van der Waals surface area contributed by atoms with Gasteiger partial charge < -0.3 is 15.2 Å². The first-order valence-corrected chi connectivity index (χ1v) is 8.37. The van der Waals surface area contributed by atoms with Gasteiger partial charge in [-0.05, 0) is 50.6 Å². The number of para-hydroxylation sites is 1. The second kappa shape index (κ2) is 6.72. The van der Waals surface area contributed by atoms with E-state index in [4.69, 9.17) is 15.2 Å². The van der Waals surface area contributed by atoms with Gasteiger partial charge in [0.25, 0.3) is 0 Å². The second-order valence-electron chi connectivity index (χ2n) is 7.08. The number of Topliss-reactive ketones (excluding diaryl/α,β-unsaturated/α-hetero) is 1. The molecule has 1 heterocycles. The summed E-state index contributed by atoms with van der Waals surface area (Å²) in [6.45, 7) is 5.33. The molecule has 3 rings (SSSR count). The first-order valence-electron chi connectivity index (χ1n) is 8.37. The molecule has 0 unspecified atom stereocenters. The Morgan fingerprint density at radius 1 is 0.963 bits per heavy atom. The summed E-state index contributed by atoms with van der Waals surface area (Å²) in [5, 5.41) is 0. The number of nitrogens with two attached hydrogens (primary N) is 1. The standard InChI is InChI=1S/C21H19NO5/c1-21(2,3)27-19(24)13-10-8-12(9-11-13)17(22)16-18(23)14-6-4-5-7-15(14)26-20(16)25/h4-11H,22H2,1-3H3/b17-16-. The van der Waals surface area contributed by atoms with E-state index in [0.29, 0.717) is 11.1 Å². The molecule has 0 atom stereocenters. The van der Waals surface area contributed by atoms with Gasteiger partial charge in [-0.1, -0.05) is 24.3 Å². The van der Waals surface area contributed by atoms with Crippen molar-refractivity contribution < 1.29 is 23.9 Å². The van der Waals surface area contributed by atoms with Gasteiger partial charge >= 0.3 is 11.9 Å². The number of fused-ring (bicyclic) bond motifs is 1. The smallest absolute Gasteiger partial charge is 0.349 e. The van der Waals surface area contributed by atoms with E-state index < -0.39 is 23.3 Å². The fraction of sp³-hybridized carbons (Fsp3) is 0.190. The van der Waals surface area contributed by atoms with Crippen molar-refractivity contribution in [1.29, 1.82) is 0 Å². The molecule has 2 aromatic carbocycles. The monoisotopic (exact) mass is 365 g/mol. The Labute approximate surface area is 156 Å². The van der Waals surface area contributed by atoms with Gasteiger partial charge in [0.15, 0.2) is 0 Å². The van der Waals surface area contributed by atoms with Gasteiger partial charge in [-0.25, -0.2) is 9.59 Å². The Bertz CT molecular complexity index is 965. The Balaban J connectivity index is 1.93. The third-order valence-electron chi connectivity index (χ3n) is 3.87. The molecule has 0 spiro atoms. The molecule has 2 N–H and O–H groups in total. The van der Waals surface area contributed by atoms with E-state index in [9.17, 15) is 14.4 Å². The largest absolute Gasteiger partial charge is 0.456 e. The van der Waals surface area contributed by atoms with Crippen molar-refractivity contribution in [3.8, 4) is 5.75 Å². The third kappa shape index (κ3) is 3.74. The number of ketones is 1. The Morgan fingerprint density at radius 2 is 1.56 bits per heavy atom. The quantitative estimate of drug-likeness (QED) is 0.380. The van der Waals surface area contributed by atoms with Gasteiger partial charge in [-0.2, -0.15) is 0 Å². The molecule has 0 amide bonds. The Morgan fingerprint density at radius 3 is 2.19 bits per heavy atom. The molecule has 6 heteroatoms. The van der Waals surface area contributed by atoms with Crippen LogP contribution in [0.5, 0.6) is 5.75 Å². The van der Waals surface area contributed by atoms with Crippen LogP contribution in [-0.2, 0) is 9.53 Å². The van der Waals surface area contributed by atoms with Crippen LogP contribution in [0, 0.1) is 0 Å². The highest BCUT2D eigenvalue weighted by atomic mass is 16.6. The number of rotatable bonds is 2. The van der Waals surface area contributed by atoms with E-state index in [1.807, 2.05) is 0 Å². The summed E-state index contributed by atoms with van der Waals surface area (Å²) in [6.07, 6.45) is 0. The SMILES string of the molecule is CC(C)(C)OC(=O)c1ccc(/C(N)=C2/C(=O)Oc3ccccc3C2=O)cc1. The molecule has 0 aliphatic carbocycles. The van der Waals surface area contributed by atoms with Crippen molar-refractivity contribution in [3.63, 3.8) is 0 Å². The van der Waals surface area contributed by atoms with E-state index >= 15 is 0 Å². The minimum atomic E-state index is -0.799. The lowest BCUT2D eigenvalue weighted by atomic mass is 9.95. The molecule has 138 valence electrons. The van der Waals surface area contributed by atoms with Crippen molar-refractivity contribution in [3.05, 3.63) is 70.8 Å². The average Bonchev–Trinajstić information content (AvgIpc) is 2.60. The third-order valence-corrected chi connectivity index (χ3v) is 3.87. The normalized spacial score (nSPS) is 15.7. The summed E-state index contributed by atoms with van der Waals surface area (Å²) in [7, 11) is 0. The number of hydrogen-bond donors (Lipinski definition) is 1. The summed E-state index contributed by atoms with van der Waals surface area (Å²) in [5.74, 6) is -1.55. The molecule has 0 radical (unpaired) electrons. The highest BCUT2D eigenvalue weighted by molar-refractivity contribution is 6.31. The number of ether oxygens (including phenoxy) is 2. The van der Waals surface area contributed by atoms with Gasteiger partial charge in [0.2, 0.25) is 5.78 Å². The lowest BCUT2D eigenvalue weighted by Crippen LogP contribution is -2.28. The molecule has 0 bridgehead atoms. The number of carbonyl (C=O) groups is 3. The maximum Gasteiger partial charge on any atom is 0.349 e. The summed E-state index contributed by atoms with van der Waals surface area (Å²) >= 11 is 0. The summed E-state index contributed by atoms with van der Waals surface area (Å²) in [6, 6.07) is 12.7. The summed E-state index contributed by atoms with van der Waals surface area (Å²) in [4.78, 5) is 37.0. The van der Waals surface area contributed by atoms with Gasteiger partial charge in [0, 0.05) is 0 Å². The fourth-order valence-electron chi connectivity index (χ4n) is 2.62. The second-order valence-corrected chi connectivity index (χ2v) is 7.08. The first kappa shape index (κ1) is 18.4. The average molecular weight is 365 g/mol. The van der Waals surface area contributed by atoms with Crippen molar-refractivity contribution in [2.24, 2.45) is 5.73 Å². The number of carbonyl (C=O) groups excluding carboxylic acids is 3. The highest BCUT2D eigenvalue weighted by Crippen LogP contribution is 2.30. The van der Waals surface area contributed by atoms with Crippen LogP contribution in [-0.4, -0.2) is 23.3 Å². The Hall–Kier alpha value is -3.41. The van der Waals surface area contributed by atoms with Crippen LogP contribution in [0.4, 0.5) is 0 Å². The summed E-state index contributed by atoms with van der Waals surface area (Å²) in [5.41, 5.74) is 6.29. The minimum Gasteiger partial charge on any atom is -0.456 e. The molecular formula is C21H19NO5. The van der Waals surface area contributed by atoms with Gasteiger partial charge in [0.05, 0.1) is 16.8 Å². The van der Waals surface area contributed by atoms with Crippen LogP contribution in [0.3, 0.4) is 0 Å². The molecule has 2 aromatic rings. The zero-order valence-corrected chi connectivity index (χ0v) is 15.2. The molecule has 1 aliphatic heterocycles. The number of esters is 2. The van der Waals surface area contributed by atoms with Gasteiger partial charge in [-0.3, -0.25) is 4.79 Å². The van der Waals surface area contributed by atoms with E-state index in [1.165, 1.54) is 12.1 Å². The van der Waals surface area contributed by atoms with E-state index in [-0.39, 0.29) is 22.6 Å². The topological polar surface area (TPSA) is 95.7 Å². The van der Waals surface area contributed by atoms with Crippen molar-refractivity contribution >= 4 is 23.4 Å². The molecule has 1 aliphatic rings. The predicted molar refractivity (Wildman–Crippen MR) is 99.1 cm³/mol. The molecule has 0 aromatic heterocycles. The fourth-order valence-corrected chi connectivity index (χ4v) is 2.62. The zero-order chi connectivity index (χ0) is 19.8. The highest BCUT2D eigenvalue weighted by Gasteiger charge is 2.33. The molecular weight excluding hydrogens is 346 g/mol. The number of benzene rings is 2.